The molecule has 21 heavy (non-hydrogen) atoms. The molecule has 0 atom stereocenters. The largest absolute Gasteiger partial charge is 0.289 e. The number of hydrogen-bond acceptors (Lipinski definition) is 1. The van der Waals surface area contributed by atoms with Crippen LogP contribution < -0.4 is 0 Å². The van der Waals surface area contributed by atoms with Gasteiger partial charge in [0.05, 0.1) is 16.9 Å². The van der Waals surface area contributed by atoms with E-state index in [1.807, 2.05) is 19.1 Å². The van der Waals surface area contributed by atoms with Crippen LogP contribution in [0.2, 0.25) is 0 Å². The quantitative estimate of drug-likeness (QED) is 0.630. The van der Waals surface area contributed by atoms with Crippen LogP contribution in [0.5, 0.6) is 0 Å². The number of rotatable bonds is 2. The van der Waals surface area contributed by atoms with Crippen LogP contribution in [0.4, 0.5) is 8.78 Å². The van der Waals surface area contributed by atoms with E-state index in [0.717, 1.165) is 5.56 Å². The van der Waals surface area contributed by atoms with Gasteiger partial charge in [-0.25, -0.2) is 13.8 Å². The number of nitrogens with zero attached hydrogens (tertiary/aromatic N) is 2. The molecule has 0 bridgehead atoms. The minimum Gasteiger partial charge on any atom is -0.289 e. The summed E-state index contributed by atoms with van der Waals surface area (Å²) in [4.78, 5) is 4.38. The summed E-state index contributed by atoms with van der Waals surface area (Å²) in [5, 5.41) is 0. The first kappa shape index (κ1) is 14.0. The maximum atomic E-state index is 14.5. The van der Waals surface area contributed by atoms with Gasteiger partial charge in [-0.15, -0.1) is 11.6 Å². The van der Waals surface area contributed by atoms with Crippen molar-refractivity contribution in [1.82, 2.24) is 9.55 Å². The van der Waals surface area contributed by atoms with E-state index in [0.29, 0.717) is 22.4 Å². The highest BCUT2D eigenvalue weighted by atomic mass is 35.5. The van der Waals surface area contributed by atoms with Crippen molar-refractivity contribution in [2.75, 3.05) is 0 Å². The fourth-order valence-corrected chi connectivity index (χ4v) is 2.70. The van der Waals surface area contributed by atoms with E-state index in [4.69, 9.17) is 11.6 Å². The number of aryl methyl sites for hydroxylation is 2. The molecule has 108 valence electrons. The molecule has 0 spiro atoms. The van der Waals surface area contributed by atoms with Gasteiger partial charge in [0.1, 0.15) is 17.3 Å². The van der Waals surface area contributed by atoms with Crippen molar-refractivity contribution >= 4 is 22.6 Å². The molecule has 5 heteroatoms. The van der Waals surface area contributed by atoms with Crippen molar-refractivity contribution in [2.45, 2.75) is 19.7 Å². The maximum Gasteiger partial charge on any atom is 0.153 e. The van der Waals surface area contributed by atoms with Gasteiger partial charge in [-0.2, -0.15) is 0 Å². The van der Waals surface area contributed by atoms with Gasteiger partial charge in [0.15, 0.2) is 5.82 Å². The molecular formula is C16H13ClF2N2. The summed E-state index contributed by atoms with van der Waals surface area (Å²) in [6.45, 7) is 3.48. The molecule has 0 aliphatic rings. The Morgan fingerprint density at radius 3 is 2.57 bits per heavy atom. The van der Waals surface area contributed by atoms with Gasteiger partial charge in [-0.3, -0.25) is 4.57 Å². The second-order valence-electron chi connectivity index (χ2n) is 4.97. The average molecular weight is 307 g/mol. The monoisotopic (exact) mass is 306 g/mol. The Labute approximate surface area is 126 Å². The Kier molecular flexibility index (Phi) is 3.41. The van der Waals surface area contributed by atoms with Crippen molar-refractivity contribution < 1.29 is 8.78 Å². The number of halogens is 3. The standard InChI is InChI=1S/C16H13ClF2N2/c1-9-6-7-11(18)16(14(9)19)21-13(8-17)20-12-5-3-4-10(2)15(12)21/h3-7H,8H2,1-2H3. The summed E-state index contributed by atoms with van der Waals surface area (Å²) in [6.07, 6.45) is 0. The molecule has 0 radical (unpaired) electrons. The van der Waals surface area contributed by atoms with Gasteiger partial charge in [-0.1, -0.05) is 18.2 Å². The van der Waals surface area contributed by atoms with E-state index in [-0.39, 0.29) is 11.6 Å². The summed E-state index contributed by atoms with van der Waals surface area (Å²) in [5.74, 6) is -0.735. The molecule has 1 aromatic heterocycles. The van der Waals surface area contributed by atoms with Gasteiger partial charge in [0, 0.05) is 0 Å². The normalized spacial score (nSPS) is 11.3. The second-order valence-corrected chi connectivity index (χ2v) is 5.23. The predicted molar refractivity (Wildman–Crippen MR) is 80.0 cm³/mol. The molecule has 3 aromatic rings. The first-order chi connectivity index (χ1) is 10.0. The van der Waals surface area contributed by atoms with Crippen molar-refractivity contribution in [1.29, 1.82) is 0 Å². The zero-order valence-corrected chi connectivity index (χ0v) is 12.4. The average Bonchev–Trinajstić information content (AvgIpc) is 2.83. The lowest BCUT2D eigenvalue weighted by Crippen LogP contribution is -2.07. The van der Waals surface area contributed by atoms with Crippen LogP contribution in [0, 0.1) is 25.5 Å². The van der Waals surface area contributed by atoms with E-state index in [2.05, 4.69) is 4.98 Å². The van der Waals surface area contributed by atoms with E-state index >= 15 is 0 Å². The van der Waals surface area contributed by atoms with Crippen LogP contribution in [0.15, 0.2) is 30.3 Å². The Morgan fingerprint density at radius 1 is 1.10 bits per heavy atom. The maximum absolute atomic E-state index is 14.5. The summed E-state index contributed by atoms with van der Waals surface area (Å²) in [7, 11) is 0. The minimum atomic E-state index is -0.632. The lowest BCUT2D eigenvalue weighted by atomic mass is 10.1. The van der Waals surface area contributed by atoms with Gasteiger partial charge in [0.25, 0.3) is 0 Å². The van der Waals surface area contributed by atoms with Crippen LogP contribution in [0.1, 0.15) is 17.0 Å². The molecule has 0 saturated carbocycles. The number of hydrogen-bond donors (Lipinski definition) is 0. The summed E-state index contributed by atoms with van der Waals surface area (Å²) >= 11 is 5.92. The molecule has 0 fully saturated rings. The number of fused-ring (bicyclic) bond motifs is 1. The zero-order chi connectivity index (χ0) is 15.1. The van der Waals surface area contributed by atoms with Gasteiger partial charge in [0.2, 0.25) is 0 Å². The van der Waals surface area contributed by atoms with Crippen molar-refractivity contribution in [2.24, 2.45) is 0 Å². The Morgan fingerprint density at radius 2 is 1.86 bits per heavy atom. The first-order valence-corrected chi connectivity index (χ1v) is 7.06. The molecule has 2 aromatic carbocycles. The Hall–Kier alpha value is -1.94. The molecule has 0 N–H and O–H groups in total. The molecule has 0 amide bonds. The molecule has 0 aliphatic heterocycles. The van der Waals surface area contributed by atoms with E-state index < -0.39 is 11.6 Å². The molecule has 0 saturated heterocycles. The highest BCUT2D eigenvalue weighted by Gasteiger charge is 2.20. The molecule has 3 rings (SSSR count). The third-order valence-electron chi connectivity index (χ3n) is 3.55. The van der Waals surface area contributed by atoms with Crippen LogP contribution in [-0.4, -0.2) is 9.55 Å². The smallest absolute Gasteiger partial charge is 0.153 e. The number of alkyl halides is 1. The van der Waals surface area contributed by atoms with Crippen molar-refractivity contribution in [3.63, 3.8) is 0 Å². The van der Waals surface area contributed by atoms with E-state index in [1.54, 1.807) is 13.0 Å². The first-order valence-electron chi connectivity index (χ1n) is 6.52. The van der Waals surface area contributed by atoms with Gasteiger partial charge < -0.3 is 0 Å². The number of imidazole rings is 1. The fraction of sp³-hybridized carbons (Fsp3) is 0.188. The number of aromatic nitrogens is 2. The van der Waals surface area contributed by atoms with Crippen LogP contribution in [-0.2, 0) is 5.88 Å². The number of benzene rings is 2. The fourth-order valence-electron chi connectivity index (χ4n) is 2.52. The SMILES string of the molecule is Cc1ccc(F)c(-n2c(CCl)nc3cccc(C)c32)c1F. The highest BCUT2D eigenvalue weighted by molar-refractivity contribution is 6.17. The molecule has 1 heterocycles. The summed E-state index contributed by atoms with van der Waals surface area (Å²) < 4.78 is 30.2. The van der Waals surface area contributed by atoms with E-state index in [1.165, 1.54) is 16.7 Å². The van der Waals surface area contributed by atoms with E-state index in [9.17, 15) is 8.78 Å². The lowest BCUT2D eigenvalue weighted by molar-refractivity contribution is 0.563. The van der Waals surface area contributed by atoms with Crippen LogP contribution in [0.25, 0.3) is 16.7 Å². The Balaban J connectivity index is 2.48. The minimum absolute atomic E-state index is 0.0704. The molecular weight excluding hydrogens is 294 g/mol. The molecule has 2 nitrogen and oxygen atoms in total. The van der Waals surface area contributed by atoms with Crippen molar-refractivity contribution in [3.05, 3.63) is 58.9 Å². The van der Waals surface area contributed by atoms with Crippen LogP contribution >= 0.6 is 11.6 Å². The predicted octanol–water partition coefficient (Wildman–Crippen LogP) is 4.66. The third kappa shape index (κ3) is 2.10. The molecule has 0 aliphatic carbocycles. The summed E-state index contributed by atoms with van der Waals surface area (Å²) in [5.41, 5.74) is 2.49. The lowest BCUT2D eigenvalue weighted by Gasteiger charge is -2.13. The zero-order valence-electron chi connectivity index (χ0n) is 11.6. The molecule has 0 unspecified atom stereocenters. The second kappa shape index (κ2) is 5.11. The van der Waals surface area contributed by atoms with Crippen molar-refractivity contribution in [3.8, 4) is 5.69 Å². The van der Waals surface area contributed by atoms with Crippen LogP contribution in [0.3, 0.4) is 0 Å². The third-order valence-corrected chi connectivity index (χ3v) is 3.79. The number of para-hydroxylation sites is 1. The topological polar surface area (TPSA) is 17.8 Å². The van der Waals surface area contributed by atoms with Gasteiger partial charge in [-0.05, 0) is 37.1 Å². The highest BCUT2D eigenvalue weighted by Crippen LogP contribution is 2.29. The van der Waals surface area contributed by atoms with Gasteiger partial charge >= 0.3 is 0 Å². The summed E-state index contributed by atoms with van der Waals surface area (Å²) in [6, 6.07) is 8.22. The Bertz CT molecular complexity index is 840.